The van der Waals surface area contributed by atoms with Gasteiger partial charge in [-0.2, -0.15) is 0 Å². The highest BCUT2D eigenvalue weighted by atomic mass is 16.5. The van der Waals surface area contributed by atoms with Gasteiger partial charge < -0.3 is 20.1 Å². The van der Waals surface area contributed by atoms with Crippen molar-refractivity contribution in [2.75, 3.05) is 0 Å². The summed E-state index contributed by atoms with van der Waals surface area (Å²) in [7, 11) is 0. The van der Waals surface area contributed by atoms with Gasteiger partial charge in [0.1, 0.15) is 17.5 Å². The molecule has 3 rings (SSSR count). The zero-order chi connectivity index (χ0) is 24.6. The Bertz CT molecular complexity index is 933. The molecule has 33 heavy (non-hydrogen) atoms. The van der Waals surface area contributed by atoms with Crippen LogP contribution in [0.15, 0.2) is 54.1 Å². The fourth-order valence-electron chi connectivity index (χ4n) is 4.96. The predicted octanol–water partition coefficient (Wildman–Crippen LogP) is 3.46. The number of benzene rings is 1. The van der Waals surface area contributed by atoms with Crippen LogP contribution in [0.1, 0.15) is 57.8 Å². The second-order valence-corrected chi connectivity index (χ2v) is 10.4. The van der Waals surface area contributed by atoms with Crippen LogP contribution < -0.4 is 0 Å². The minimum Gasteiger partial charge on any atom is -0.458 e. The van der Waals surface area contributed by atoms with Crippen molar-refractivity contribution < 1.29 is 29.6 Å². The number of fused-ring (bicyclic) bond motifs is 1. The molecule has 1 aromatic carbocycles. The predicted molar refractivity (Wildman–Crippen MR) is 125 cm³/mol. The van der Waals surface area contributed by atoms with Crippen LogP contribution in [-0.2, 0) is 9.53 Å². The van der Waals surface area contributed by atoms with Gasteiger partial charge in [-0.15, -0.1) is 0 Å². The molecular formula is C27H36O6. The lowest BCUT2D eigenvalue weighted by Crippen LogP contribution is -2.50. The van der Waals surface area contributed by atoms with E-state index >= 15 is 0 Å². The first-order chi connectivity index (χ1) is 15.4. The van der Waals surface area contributed by atoms with E-state index in [1.807, 2.05) is 13.0 Å². The number of hydrogen-bond donors (Lipinski definition) is 3. The molecule has 2 aliphatic rings. The van der Waals surface area contributed by atoms with E-state index in [4.69, 9.17) is 4.74 Å². The summed E-state index contributed by atoms with van der Waals surface area (Å²) >= 11 is 0. The maximum absolute atomic E-state index is 12.8. The molecule has 1 aromatic rings. The number of carbonyl (C=O) groups excluding carboxylic acids is 2. The van der Waals surface area contributed by atoms with E-state index in [0.29, 0.717) is 11.1 Å². The van der Waals surface area contributed by atoms with Gasteiger partial charge in [0.15, 0.2) is 0 Å². The summed E-state index contributed by atoms with van der Waals surface area (Å²) in [5, 5.41) is 33.8. The summed E-state index contributed by atoms with van der Waals surface area (Å²) in [6.07, 6.45) is 2.43. The highest BCUT2D eigenvalue weighted by Crippen LogP contribution is 2.47. The van der Waals surface area contributed by atoms with Crippen LogP contribution in [0.3, 0.4) is 0 Å². The Balaban J connectivity index is 2.02. The van der Waals surface area contributed by atoms with Gasteiger partial charge in [-0.05, 0) is 50.8 Å². The molecular weight excluding hydrogens is 420 g/mol. The van der Waals surface area contributed by atoms with Crippen molar-refractivity contribution in [1.29, 1.82) is 0 Å². The Hall–Kier alpha value is -2.28. The standard InChI is InChI=1S/C27H36O6/c1-16-11-12-26(4,5)22(29)14-21(28)17(2)13-20-23(18(3)15-27(20,32)24(16)30)33-25(31)19-9-7-6-8-10-19/h6-13,16,18,20-21,23-24,28,30,32H,14-15H2,1-5H3/b12-11+,17-13+/t16-,18+,20-,21+,23-,24+,27+/m0/s1. The molecule has 180 valence electrons. The van der Waals surface area contributed by atoms with Crippen molar-refractivity contribution in [2.24, 2.45) is 23.2 Å². The van der Waals surface area contributed by atoms with E-state index in [1.54, 1.807) is 70.2 Å². The second-order valence-electron chi connectivity index (χ2n) is 10.4. The maximum atomic E-state index is 12.8. The number of ether oxygens (including phenoxy) is 1. The van der Waals surface area contributed by atoms with Gasteiger partial charge in [0.2, 0.25) is 0 Å². The van der Waals surface area contributed by atoms with Crippen LogP contribution in [-0.4, -0.2) is 51.0 Å². The lowest BCUT2D eigenvalue weighted by atomic mass is 9.76. The quantitative estimate of drug-likeness (QED) is 0.465. The molecule has 6 nitrogen and oxygen atoms in total. The van der Waals surface area contributed by atoms with E-state index in [2.05, 4.69) is 0 Å². The number of aliphatic hydroxyl groups excluding tert-OH is 2. The Morgan fingerprint density at radius 2 is 1.76 bits per heavy atom. The molecule has 0 amide bonds. The highest BCUT2D eigenvalue weighted by molar-refractivity contribution is 5.89. The molecule has 0 unspecified atom stereocenters. The van der Waals surface area contributed by atoms with Crippen LogP contribution in [0.4, 0.5) is 0 Å². The Morgan fingerprint density at radius 3 is 2.39 bits per heavy atom. The minimum absolute atomic E-state index is 0.0637. The van der Waals surface area contributed by atoms with Crippen molar-refractivity contribution >= 4 is 11.8 Å². The molecule has 1 fully saturated rings. The van der Waals surface area contributed by atoms with E-state index in [-0.39, 0.29) is 24.5 Å². The summed E-state index contributed by atoms with van der Waals surface area (Å²) in [5.41, 5.74) is -1.48. The molecule has 0 aromatic heterocycles. The number of rotatable bonds is 2. The number of aliphatic hydroxyl groups is 3. The van der Waals surface area contributed by atoms with E-state index in [0.717, 1.165) is 0 Å². The number of hydrogen-bond acceptors (Lipinski definition) is 6. The minimum atomic E-state index is -1.57. The number of carbonyl (C=O) groups is 2. The zero-order valence-corrected chi connectivity index (χ0v) is 20.1. The van der Waals surface area contributed by atoms with Gasteiger partial charge in [0, 0.05) is 23.7 Å². The molecule has 2 aliphatic carbocycles. The monoisotopic (exact) mass is 456 g/mol. The van der Waals surface area contributed by atoms with E-state index in [1.165, 1.54) is 0 Å². The van der Waals surface area contributed by atoms with Crippen molar-refractivity contribution in [2.45, 2.75) is 71.4 Å². The van der Waals surface area contributed by atoms with Gasteiger partial charge in [-0.3, -0.25) is 4.79 Å². The fraction of sp³-hybridized carbons (Fsp3) is 0.556. The first-order valence-electron chi connectivity index (χ1n) is 11.6. The van der Waals surface area contributed by atoms with Crippen molar-refractivity contribution in [3.8, 4) is 0 Å². The smallest absolute Gasteiger partial charge is 0.338 e. The number of Topliss-reactive ketones (excluding diaryl/α,β-unsaturated/α-hetero) is 1. The average Bonchev–Trinajstić information content (AvgIpc) is 3.01. The third kappa shape index (κ3) is 5.13. The first kappa shape index (κ1) is 25.3. The average molecular weight is 457 g/mol. The molecule has 0 saturated heterocycles. The third-order valence-electron chi connectivity index (χ3n) is 7.29. The molecule has 3 N–H and O–H groups in total. The molecule has 0 spiro atoms. The van der Waals surface area contributed by atoms with Crippen molar-refractivity contribution in [3.05, 3.63) is 59.7 Å². The Morgan fingerprint density at radius 1 is 1.12 bits per heavy atom. The van der Waals surface area contributed by atoms with Gasteiger partial charge in [-0.25, -0.2) is 4.79 Å². The molecule has 1 saturated carbocycles. The lowest BCUT2D eigenvalue weighted by Gasteiger charge is -2.38. The van der Waals surface area contributed by atoms with E-state index < -0.39 is 47.1 Å². The summed E-state index contributed by atoms with van der Waals surface area (Å²) in [6.45, 7) is 8.92. The molecule has 0 bridgehead atoms. The maximum Gasteiger partial charge on any atom is 0.338 e. The van der Waals surface area contributed by atoms with Gasteiger partial charge in [-0.1, -0.05) is 50.3 Å². The third-order valence-corrected chi connectivity index (χ3v) is 7.29. The molecule has 0 radical (unpaired) electrons. The van der Waals surface area contributed by atoms with Crippen LogP contribution >= 0.6 is 0 Å². The highest BCUT2D eigenvalue weighted by Gasteiger charge is 2.56. The van der Waals surface area contributed by atoms with Crippen molar-refractivity contribution in [3.63, 3.8) is 0 Å². The number of ketones is 1. The zero-order valence-electron chi connectivity index (χ0n) is 20.1. The number of esters is 1. The van der Waals surface area contributed by atoms with Crippen LogP contribution in [0.5, 0.6) is 0 Å². The topological polar surface area (TPSA) is 104 Å². The fourth-order valence-corrected chi connectivity index (χ4v) is 4.96. The van der Waals surface area contributed by atoms with E-state index in [9.17, 15) is 24.9 Å². The van der Waals surface area contributed by atoms with Gasteiger partial charge >= 0.3 is 5.97 Å². The van der Waals surface area contributed by atoms with Gasteiger partial charge in [0.25, 0.3) is 0 Å². The van der Waals surface area contributed by atoms with Crippen LogP contribution in [0.2, 0.25) is 0 Å². The SMILES string of the molecule is C/C1=C\[C@H]2[C@@H](OC(=O)c3ccccc3)[C@H](C)C[C@]2(O)[C@H](O)[C@@H](C)/C=C/C(C)(C)C(=O)C[C@H]1O. The van der Waals surface area contributed by atoms with Crippen molar-refractivity contribution in [1.82, 2.24) is 0 Å². The van der Waals surface area contributed by atoms with Crippen LogP contribution in [0.25, 0.3) is 0 Å². The number of allylic oxidation sites excluding steroid dienone is 1. The molecule has 0 heterocycles. The Labute approximate surface area is 196 Å². The van der Waals surface area contributed by atoms with Gasteiger partial charge in [0.05, 0.1) is 17.8 Å². The summed E-state index contributed by atoms with van der Waals surface area (Å²) in [6, 6.07) is 8.63. The molecule has 7 atom stereocenters. The molecule has 0 aliphatic heterocycles. The summed E-state index contributed by atoms with van der Waals surface area (Å²) < 4.78 is 5.87. The largest absolute Gasteiger partial charge is 0.458 e. The Kier molecular flexibility index (Phi) is 7.32. The normalized spacial score (nSPS) is 39.4. The van der Waals surface area contributed by atoms with Crippen LogP contribution in [0, 0.1) is 23.2 Å². The summed E-state index contributed by atoms with van der Waals surface area (Å²) in [4.78, 5) is 25.6. The molecule has 6 heteroatoms. The lowest BCUT2D eigenvalue weighted by molar-refractivity contribution is -0.126. The summed E-state index contributed by atoms with van der Waals surface area (Å²) in [5.74, 6) is -2.05. The second kappa shape index (κ2) is 9.53. The first-order valence-corrected chi connectivity index (χ1v) is 11.6.